The van der Waals surface area contributed by atoms with Gasteiger partial charge in [-0.15, -0.1) is 0 Å². The van der Waals surface area contributed by atoms with Crippen LogP contribution in [0.25, 0.3) is 0 Å². The first kappa shape index (κ1) is 13.8. The third kappa shape index (κ3) is 38.6. The molecule has 0 saturated heterocycles. The molecule has 7 nitrogen and oxygen atoms in total. The zero-order valence-electron chi connectivity index (χ0n) is 5.41. The maximum atomic E-state index is 9.77. The Kier molecular flexibility index (Phi) is 8.72. The lowest BCUT2D eigenvalue weighted by molar-refractivity contribution is 0.299. The van der Waals surface area contributed by atoms with E-state index in [-0.39, 0.29) is 0 Å². The topological polar surface area (TPSA) is 135 Å². The Morgan fingerprint density at radius 1 is 1.27 bits per heavy atom. The molecule has 0 bridgehead atoms. The zero-order valence-corrected chi connectivity index (χ0v) is 7.31. The van der Waals surface area contributed by atoms with Gasteiger partial charge >= 0.3 is 15.9 Å². The highest BCUT2D eigenvalue weighted by Crippen LogP contribution is 2.32. The van der Waals surface area contributed by atoms with Crippen LogP contribution in [0.2, 0.25) is 0 Å². The Hall–Kier alpha value is 0.260. The van der Waals surface area contributed by atoms with Gasteiger partial charge in [0.1, 0.15) is 0 Å². The first-order valence-corrected chi connectivity index (χ1v) is 5.47. The smallest absolute Gasteiger partial charge is 0.327 e. The lowest BCUT2D eigenvalue weighted by Crippen LogP contribution is -1.91. The molecule has 0 rings (SSSR count). The van der Waals surface area contributed by atoms with Crippen LogP contribution in [0.4, 0.5) is 0 Å². The Bertz CT molecular complexity index is 145. The maximum absolute atomic E-state index is 9.77. The van der Waals surface area contributed by atoms with Crippen LogP contribution in [0.15, 0.2) is 0 Å². The van der Waals surface area contributed by atoms with Crippen molar-refractivity contribution >= 4 is 15.9 Å². The summed E-state index contributed by atoms with van der Waals surface area (Å²) >= 11 is 0. The van der Waals surface area contributed by atoms with Crippen molar-refractivity contribution < 1.29 is 33.8 Å². The molecule has 11 heavy (non-hydrogen) atoms. The van der Waals surface area contributed by atoms with E-state index in [0.717, 1.165) is 0 Å². The predicted octanol–water partition coefficient (Wildman–Crippen LogP) is -1.48. The molecule has 70 valence electrons. The van der Waals surface area contributed by atoms with E-state index in [1.165, 1.54) is 0 Å². The summed E-state index contributed by atoms with van der Waals surface area (Å²) in [5, 5.41) is 7.91. The van der Waals surface area contributed by atoms with Crippen molar-refractivity contribution in [1.82, 2.24) is 0 Å². The number of rotatable bonds is 2. The minimum absolute atomic E-state index is 0.438. The van der Waals surface area contributed by atoms with Gasteiger partial charge in [0.05, 0.1) is 12.8 Å². The number of aliphatic hydroxyl groups excluding tert-OH is 1. The van der Waals surface area contributed by atoms with E-state index in [9.17, 15) is 4.57 Å². The number of hydrogen-bond donors (Lipinski definition) is 5. The van der Waals surface area contributed by atoms with Gasteiger partial charge in [0, 0.05) is 0 Å². The van der Waals surface area contributed by atoms with Crippen molar-refractivity contribution in [3.05, 3.63) is 0 Å². The van der Waals surface area contributed by atoms with Gasteiger partial charge in [-0.05, 0) is 0 Å². The molecule has 0 fully saturated rings. The molecule has 0 unspecified atom stereocenters. The molecule has 0 aliphatic rings. The summed E-state index contributed by atoms with van der Waals surface area (Å²) in [7, 11) is -7.05. The first-order valence-electron chi connectivity index (χ1n) is 2.37. The molecule has 0 aromatic heterocycles. The van der Waals surface area contributed by atoms with Gasteiger partial charge in [-0.25, -0.2) is 0 Å². The van der Waals surface area contributed by atoms with Crippen molar-refractivity contribution in [3.8, 4) is 0 Å². The molecule has 0 spiro atoms. The average Bonchev–Trinajstić information content (AvgIpc) is 1.58. The summed E-state index contributed by atoms with van der Waals surface area (Å²) in [6.45, 7) is -0.454. The van der Waals surface area contributed by atoms with E-state index in [2.05, 4.69) is 0 Å². The van der Waals surface area contributed by atoms with Gasteiger partial charge in [0.15, 0.2) is 0 Å². The summed E-state index contributed by atoms with van der Waals surface area (Å²) in [6.07, 6.45) is -0.438. The van der Waals surface area contributed by atoms with Crippen molar-refractivity contribution in [2.75, 3.05) is 12.8 Å². The van der Waals surface area contributed by atoms with Crippen LogP contribution < -0.4 is 0 Å². The molecule has 0 atom stereocenters. The van der Waals surface area contributed by atoms with Crippen LogP contribution in [-0.4, -0.2) is 37.4 Å². The summed E-state index contributed by atoms with van der Waals surface area (Å²) in [4.78, 5) is 30.3. The Balaban J connectivity index is 0. The second-order valence-electron chi connectivity index (χ2n) is 1.39. The fourth-order valence-corrected chi connectivity index (χ4v) is 0.391. The minimum Gasteiger partial charge on any atom is -0.396 e. The molecule has 0 aromatic rings. The molecule has 5 N–H and O–H groups in total. The van der Waals surface area contributed by atoms with E-state index in [4.69, 9.17) is 29.2 Å². The molecular weight excluding hydrogens is 198 g/mol. The van der Waals surface area contributed by atoms with Gasteiger partial charge in [-0.1, -0.05) is 0 Å². The molecule has 0 aromatic carbocycles. The molecule has 0 saturated carbocycles. The zero-order chi connectivity index (χ0) is 9.49. The lowest BCUT2D eigenvalue weighted by Gasteiger charge is -1.96. The fourth-order valence-electron chi connectivity index (χ4n) is 0.130. The molecule has 0 aliphatic carbocycles. The van der Waals surface area contributed by atoms with Gasteiger partial charge in [0.25, 0.3) is 0 Å². The highest BCUT2D eigenvalue weighted by molar-refractivity contribution is 7.51. The van der Waals surface area contributed by atoms with Crippen LogP contribution >= 0.6 is 15.9 Å². The number of aliphatic hydroxyl groups is 1. The van der Waals surface area contributed by atoms with Crippen molar-refractivity contribution in [2.24, 2.45) is 0 Å². The van der Waals surface area contributed by atoms with E-state index in [1.54, 1.807) is 0 Å². The van der Waals surface area contributed by atoms with E-state index in [0.29, 0.717) is 0 Å². The number of hydrogen-bond acceptors (Lipinski definition) is 3. The van der Waals surface area contributed by atoms with Crippen LogP contribution in [0.3, 0.4) is 0 Å². The van der Waals surface area contributed by atoms with Crippen molar-refractivity contribution in [1.29, 1.82) is 0 Å². The predicted molar refractivity (Wildman–Crippen MR) is 37.4 cm³/mol. The largest absolute Gasteiger partial charge is 0.396 e. The highest BCUT2D eigenvalue weighted by atomic mass is 31.2. The Morgan fingerprint density at radius 3 is 1.55 bits per heavy atom. The van der Waals surface area contributed by atoms with E-state index in [1.807, 2.05) is 0 Å². The molecule has 9 heteroatoms. The third-order valence-corrected chi connectivity index (χ3v) is 1.17. The summed E-state index contributed by atoms with van der Waals surface area (Å²) in [5.41, 5.74) is 0. The van der Waals surface area contributed by atoms with Gasteiger partial charge < -0.3 is 24.7 Å². The highest BCUT2D eigenvalue weighted by Gasteiger charge is 2.09. The van der Waals surface area contributed by atoms with Crippen LogP contribution in [0, 0.1) is 0 Å². The van der Waals surface area contributed by atoms with Crippen molar-refractivity contribution in [3.63, 3.8) is 0 Å². The average molecular weight is 208 g/mol. The monoisotopic (exact) mass is 208 g/mol. The minimum atomic E-state index is -3.92. The Morgan fingerprint density at radius 2 is 1.55 bits per heavy atom. The molecular formula is C2H10O7P2. The lowest BCUT2D eigenvalue weighted by atomic mass is 10.9. The summed E-state index contributed by atoms with van der Waals surface area (Å²) < 4.78 is 18.5. The fraction of sp³-hybridized carbons (Fsp3) is 1.00. The van der Waals surface area contributed by atoms with Crippen LogP contribution in [0.1, 0.15) is 0 Å². The third-order valence-electron chi connectivity index (χ3n) is 0.391. The van der Waals surface area contributed by atoms with Gasteiger partial charge in [0.2, 0.25) is 0 Å². The first-order chi connectivity index (χ1) is 4.79. The molecule has 0 aliphatic heterocycles. The maximum Gasteiger partial charge on any atom is 0.327 e. The van der Waals surface area contributed by atoms with E-state index < -0.39 is 28.6 Å². The Labute approximate surface area is 63.4 Å². The standard InChI is InChI=1S/C2H7O4P.H3O3P/c3-1-2-7(4,5)6;1-4(2)3/h3H,1-2H2,(H2,4,5,6);4H,(H2,1,2,3). The van der Waals surface area contributed by atoms with Crippen LogP contribution in [0.5, 0.6) is 0 Å². The van der Waals surface area contributed by atoms with Gasteiger partial charge in [-0.3, -0.25) is 9.13 Å². The van der Waals surface area contributed by atoms with E-state index >= 15 is 0 Å². The second kappa shape index (κ2) is 6.94. The quantitative estimate of drug-likeness (QED) is 0.349. The summed E-state index contributed by atoms with van der Waals surface area (Å²) in [6, 6.07) is 0. The summed E-state index contributed by atoms with van der Waals surface area (Å²) in [5.74, 6) is 0. The second-order valence-corrected chi connectivity index (χ2v) is 3.74. The van der Waals surface area contributed by atoms with Crippen LogP contribution in [-0.2, 0) is 9.13 Å². The normalized spacial score (nSPS) is 10.7. The van der Waals surface area contributed by atoms with Crippen molar-refractivity contribution in [2.45, 2.75) is 0 Å². The molecule has 0 amide bonds. The van der Waals surface area contributed by atoms with Gasteiger partial charge in [-0.2, -0.15) is 0 Å². The SMILES string of the molecule is O=P(O)(O)CCO.O=[PH](O)O. The molecule has 0 heterocycles. The molecule has 0 radical (unpaired) electrons.